The van der Waals surface area contributed by atoms with Gasteiger partial charge in [0.15, 0.2) is 5.16 Å². The van der Waals surface area contributed by atoms with Crippen molar-refractivity contribution in [3.63, 3.8) is 0 Å². The zero-order valence-corrected chi connectivity index (χ0v) is 15.1. The fraction of sp³-hybridized carbons (Fsp3) is 0.312. The second-order valence-electron chi connectivity index (χ2n) is 4.86. The summed E-state index contributed by atoms with van der Waals surface area (Å²) in [5.74, 6) is 0.800. The molecule has 0 amide bonds. The van der Waals surface area contributed by atoms with Crippen LogP contribution in [0.15, 0.2) is 32.8 Å². The Morgan fingerprint density at radius 2 is 2.30 bits per heavy atom. The van der Waals surface area contributed by atoms with Crippen LogP contribution in [0.25, 0.3) is 20.7 Å². The summed E-state index contributed by atoms with van der Waals surface area (Å²) in [7, 11) is 0. The van der Waals surface area contributed by atoms with E-state index in [0.717, 1.165) is 38.0 Å². The summed E-state index contributed by atoms with van der Waals surface area (Å²) in [6.07, 6.45) is 1.34. The topological polar surface area (TPSA) is 58.7 Å². The van der Waals surface area contributed by atoms with Crippen LogP contribution < -0.4 is 5.56 Å². The van der Waals surface area contributed by atoms with Gasteiger partial charge in [0, 0.05) is 34.5 Å². The van der Waals surface area contributed by atoms with E-state index in [1.807, 2.05) is 29.8 Å². The van der Waals surface area contributed by atoms with Crippen LogP contribution in [0.4, 0.5) is 0 Å². The molecule has 3 aromatic heterocycles. The van der Waals surface area contributed by atoms with Gasteiger partial charge in [-0.25, -0.2) is 4.98 Å². The minimum absolute atomic E-state index is 0.0323. The summed E-state index contributed by atoms with van der Waals surface area (Å²) in [4.78, 5) is 19.5. The molecule has 0 unspecified atom stereocenters. The van der Waals surface area contributed by atoms with Gasteiger partial charge in [0.1, 0.15) is 4.83 Å². The van der Waals surface area contributed by atoms with Crippen molar-refractivity contribution in [2.45, 2.75) is 31.5 Å². The molecule has 0 atom stereocenters. The van der Waals surface area contributed by atoms with E-state index in [-0.39, 0.29) is 5.56 Å². The van der Waals surface area contributed by atoms with Gasteiger partial charge < -0.3 is 0 Å². The van der Waals surface area contributed by atoms with Gasteiger partial charge in [-0.3, -0.25) is 9.36 Å². The molecular weight excluding hydrogens is 346 g/mol. The Balaban J connectivity index is 2.05. The highest BCUT2D eigenvalue weighted by Crippen LogP contribution is 2.34. The molecule has 3 aromatic rings. The molecule has 0 aliphatic heterocycles. The van der Waals surface area contributed by atoms with Crippen LogP contribution in [-0.2, 0) is 6.54 Å². The molecule has 0 aromatic carbocycles. The maximum absolute atomic E-state index is 12.9. The molecule has 0 saturated heterocycles. The highest BCUT2D eigenvalue weighted by atomic mass is 32.2. The number of hydrogen-bond donors (Lipinski definition) is 0. The van der Waals surface area contributed by atoms with Crippen LogP contribution in [0.3, 0.4) is 0 Å². The van der Waals surface area contributed by atoms with Crippen LogP contribution >= 0.6 is 34.4 Å². The zero-order valence-electron chi connectivity index (χ0n) is 12.6. The normalized spacial score (nSPS) is 11.0. The van der Waals surface area contributed by atoms with Crippen molar-refractivity contribution in [1.29, 1.82) is 5.26 Å². The maximum Gasteiger partial charge on any atom is 0.263 e. The second-order valence-corrected chi connectivity index (χ2v) is 7.73. The van der Waals surface area contributed by atoms with Crippen LogP contribution in [0.1, 0.15) is 19.8 Å². The molecule has 0 bridgehead atoms. The van der Waals surface area contributed by atoms with Crippen LogP contribution in [0, 0.1) is 11.3 Å². The highest BCUT2D eigenvalue weighted by molar-refractivity contribution is 7.99. The predicted molar refractivity (Wildman–Crippen MR) is 98.4 cm³/mol. The first kappa shape index (κ1) is 16.2. The van der Waals surface area contributed by atoms with E-state index >= 15 is 0 Å². The molecule has 0 spiro atoms. The Hall–Kier alpha value is -1.62. The Labute approximate surface area is 146 Å². The zero-order chi connectivity index (χ0) is 16.2. The first-order valence-corrected chi connectivity index (χ1v) is 10.1. The third-order valence-electron chi connectivity index (χ3n) is 3.43. The smallest absolute Gasteiger partial charge is 0.263 e. The number of thiophene rings is 2. The molecule has 0 aliphatic rings. The fourth-order valence-electron chi connectivity index (χ4n) is 2.32. The lowest BCUT2D eigenvalue weighted by Crippen LogP contribution is -2.22. The van der Waals surface area contributed by atoms with Gasteiger partial charge in [0.2, 0.25) is 0 Å². The quantitative estimate of drug-likeness (QED) is 0.366. The molecule has 23 heavy (non-hydrogen) atoms. The van der Waals surface area contributed by atoms with Crippen molar-refractivity contribution in [2.24, 2.45) is 0 Å². The average molecular weight is 362 g/mol. The van der Waals surface area contributed by atoms with Gasteiger partial charge >= 0.3 is 0 Å². The standard InChI is InChI=1S/C16H15N3OS3/c1-2-19-15(20)13-11(12-6-5-9-21-12)10-23-14(13)18-16(19)22-8-4-3-7-17/h5-6,9-10H,2-4,8H2,1H3. The van der Waals surface area contributed by atoms with Crippen LogP contribution in [0.5, 0.6) is 0 Å². The Bertz CT molecular complexity index is 903. The van der Waals surface area contributed by atoms with Gasteiger partial charge in [-0.1, -0.05) is 17.8 Å². The SMILES string of the molecule is CCn1c(SCCCC#N)nc2scc(-c3cccs3)c2c1=O. The summed E-state index contributed by atoms with van der Waals surface area (Å²) in [6, 6.07) is 6.17. The molecule has 118 valence electrons. The number of unbranched alkanes of at least 4 members (excludes halogenated alkanes) is 1. The fourth-order valence-corrected chi connectivity index (χ4v) is 5.13. The minimum Gasteiger partial charge on any atom is -0.287 e. The molecule has 0 fully saturated rings. The van der Waals surface area contributed by atoms with Crippen LogP contribution in [0.2, 0.25) is 0 Å². The van der Waals surface area contributed by atoms with Gasteiger partial charge in [0.05, 0.1) is 11.5 Å². The van der Waals surface area contributed by atoms with Crippen molar-refractivity contribution in [2.75, 3.05) is 5.75 Å². The van der Waals surface area contributed by atoms with E-state index in [0.29, 0.717) is 13.0 Å². The monoisotopic (exact) mass is 361 g/mol. The van der Waals surface area contributed by atoms with Crippen molar-refractivity contribution in [3.8, 4) is 16.5 Å². The summed E-state index contributed by atoms with van der Waals surface area (Å²) >= 11 is 4.71. The number of nitrogens with zero attached hydrogens (tertiary/aromatic N) is 3. The number of rotatable bonds is 6. The lowest BCUT2D eigenvalue weighted by molar-refractivity contribution is 0.635. The van der Waals surface area contributed by atoms with Gasteiger partial charge in [-0.05, 0) is 24.8 Å². The second kappa shape index (κ2) is 7.30. The molecule has 4 nitrogen and oxygen atoms in total. The maximum atomic E-state index is 12.9. The van der Waals surface area contributed by atoms with Crippen LogP contribution in [-0.4, -0.2) is 15.3 Å². The van der Waals surface area contributed by atoms with Gasteiger partial charge in [-0.15, -0.1) is 22.7 Å². The van der Waals surface area contributed by atoms with E-state index in [1.165, 1.54) is 11.3 Å². The summed E-state index contributed by atoms with van der Waals surface area (Å²) in [5, 5.41) is 14.1. The van der Waals surface area contributed by atoms with Crippen molar-refractivity contribution < 1.29 is 0 Å². The number of hydrogen-bond acceptors (Lipinski definition) is 6. The summed E-state index contributed by atoms with van der Waals surface area (Å²) < 4.78 is 1.74. The van der Waals surface area contributed by atoms with E-state index in [1.54, 1.807) is 27.7 Å². The van der Waals surface area contributed by atoms with E-state index in [2.05, 4.69) is 6.07 Å². The number of aromatic nitrogens is 2. The lowest BCUT2D eigenvalue weighted by atomic mass is 10.2. The molecule has 3 heterocycles. The number of fused-ring (bicyclic) bond motifs is 1. The Kier molecular flexibility index (Phi) is 5.16. The largest absolute Gasteiger partial charge is 0.287 e. The van der Waals surface area contributed by atoms with Gasteiger partial charge in [0.25, 0.3) is 5.56 Å². The Morgan fingerprint density at radius 1 is 1.43 bits per heavy atom. The molecular formula is C16H15N3OS3. The third-order valence-corrected chi connectivity index (χ3v) is 6.26. The van der Waals surface area contributed by atoms with E-state index in [9.17, 15) is 4.79 Å². The van der Waals surface area contributed by atoms with Crippen molar-refractivity contribution in [3.05, 3.63) is 33.2 Å². The van der Waals surface area contributed by atoms with Gasteiger partial charge in [-0.2, -0.15) is 5.26 Å². The highest BCUT2D eigenvalue weighted by Gasteiger charge is 2.17. The van der Waals surface area contributed by atoms with E-state index in [4.69, 9.17) is 10.2 Å². The number of thioether (sulfide) groups is 1. The summed E-state index contributed by atoms with van der Waals surface area (Å²) in [5.41, 5.74) is 1.02. The first-order valence-electron chi connectivity index (χ1n) is 7.32. The number of nitriles is 1. The molecule has 3 rings (SSSR count). The molecule has 0 radical (unpaired) electrons. The molecule has 0 N–H and O–H groups in total. The Morgan fingerprint density at radius 3 is 3.00 bits per heavy atom. The summed E-state index contributed by atoms with van der Waals surface area (Å²) in [6.45, 7) is 2.56. The first-order chi connectivity index (χ1) is 11.3. The van der Waals surface area contributed by atoms with Crippen molar-refractivity contribution in [1.82, 2.24) is 9.55 Å². The minimum atomic E-state index is 0.0323. The average Bonchev–Trinajstić information content (AvgIpc) is 3.20. The predicted octanol–water partition coefficient (Wildman–Crippen LogP) is 4.60. The third kappa shape index (κ3) is 3.20. The molecule has 0 saturated carbocycles. The molecule has 0 aliphatic carbocycles. The molecule has 7 heteroatoms. The van der Waals surface area contributed by atoms with Crippen molar-refractivity contribution >= 4 is 44.7 Å². The lowest BCUT2D eigenvalue weighted by Gasteiger charge is -2.09. The van der Waals surface area contributed by atoms with E-state index < -0.39 is 0 Å².